The molecule has 0 saturated heterocycles. The minimum atomic E-state index is 0.122. The van der Waals surface area contributed by atoms with Gasteiger partial charge in [0, 0.05) is 12.6 Å². The lowest BCUT2D eigenvalue weighted by Gasteiger charge is -2.22. The first kappa shape index (κ1) is 16.9. The van der Waals surface area contributed by atoms with Crippen molar-refractivity contribution in [3.8, 4) is 0 Å². The molecule has 0 spiro atoms. The lowest BCUT2D eigenvalue weighted by atomic mass is 9.95. The number of hydrogen-bond acceptors (Lipinski definition) is 3. The summed E-state index contributed by atoms with van der Waals surface area (Å²) in [5.41, 5.74) is 0. The summed E-state index contributed by atoms with van der Waals surface area (Å²) >= 11 is 0. The smallest absolute Gasteiger partial charge is 0.0697 e. The second kappa shape index (κ2) is 11.0. The van der Waals surface area contributed by atoms with Crippen molar-refractivity contribution >= 4 is 0 Å². The van der Waals surface area contributed by atoms with Crippen molar-refractivity contribution in [3.63, 3.8) is 0 Å². The second-order valence-corrected chi connectivity index (χ2v) is 5.60. The molecule has 0 atom stereocenters. The van der Waals surface area contributed by atoms with Crippen LogP contribution in [0.2, 0.25) is 0 Å². The van der Waals surface area contributed by atoms with E-state index >= 15 is 0 Å². The third-order valence-electron chi connectivity index (χ3n) is 2.65. The number of aliphatic hydroxyl groups is 1. The van der Waals surface area contributed by atoms with E-state index in [0.29, 0.717) is 12.6 Å². The van der Waals surface area contributed by atoms with Gasteiger partial charge in [-0.15, -0.1) is 0 Å². The summed E-state index contributed by atoms with van der Waals surface area (Å²) in [6.45, 7) is 11.4. The monoisotopic (exact) mass is 245 g/mol. The van der Waals surface area contributed by atoms with E-state index in [9.17, 15) is 0 Å². The minimum Gasteiger partial charge on any atom is -0.394 e. The molecule has 3 nitrogen and oxygen atoms in total. The molecule has 0 rings (SSSR count). The summed E-state index contributed by atoms with van der Waals surface area (Å²) < 4.78 is 5.24. The van der Waals surface area contributed by atoms with Crippen molar-refractivity contribution in [2.24, 2.45) is 11.8 Å². The molecular weight excluding hydrogens is 214 g/mol. The number of rotatable bonds is 11. The Morgan fingerprint density at radius 3 is 2.06 bits per heavy atom. The maximum atomic E-state index is 8.57. The Bertz CT molecular complexity index is 150. The van der Waals surface area contributed by atoms with Crippen LogP contribution in [0.1, 0.15) is 47.0 Å². The first-order valence-corrected chi connectivity index (χ1v) is 6.98. The highest BCUT2D eigenvalue weighted by atomic mass is 16.5. The minimum absolute atomic E-state index is 0.122. The van der Waals surface area contributed by atoms with E-state index in [1.807, 2.05) is 0 Å². The van der Waals surface area contributed by atoms with Gasteiger partial charge in [-0.2, -0.15) is 0 Å². The van der Waals surface area contributed by atoms with Crippen LogP contribution in [0.3, 0.4) is 0 Å². The van der Waals surface area contributed by atoms with Crippen LogP contribution in [0, 0.1) is 11.8 Å². The van der Waals surface area contributed by atoms with Gasteiger partial charge < -0.3 is 15.2 Å². The van der Waals surface area contributed by atoms with Gasteiger partial charge in [-0.25, -0.2) is 0 Å². The van der Waals surface area contributed by atoms with Crippen LogP contribution in [0.4, 0.5) is 0 Å². The van der Waals surface area contributed by atoms with Crippen LogP contribution in [0.5, 0.6) is 0 Å². The van der Waals surface area contributed by atoms with Gasteiger partial charge in [0.1, 0.15) is 0 Å². The lowest BCUT2D eigenvalue weighted by molar-refractivity contribution is 0.0901. The largest absolute Gasteiger partial charge is 0.394 e. The number of ether oxygens (including phenoxy) is 1. The van der Waals surface area contributed by atoms with Gasteiger partial charge in [-0.1, -0.05) is 27.7 Å². The summed E-state index contributed by atoms with van der Waals surface area (Å²) in [6.07, 6.45) is 3.51. The third-order valence-corrected chi connectivity index (χ3v) is 2.65. The molecule has 0 aromatic heterocycles. The van der Waals surface area contributed by atoms with Crippen LogP contribution in [0.25, 0.3) is 0 Å². The first-order valence-electron chi connectivity index (χ1n) is 6.98. The van der Waals surface area contributed by atoms with E-state index in [4.69, 9.17) is 9.84 Å². The van der Waals surface area contributed by atoms with Crippen LogP contribution in [0.15, 0.2) is 0 Å². The molecule has 2 N–H and O–H groups in total. The SMILES string of the molecule is CC(C)CC(CC(C)C)NCCCOCCO. The molecule has 3 heteroatoms. The summed E-state index contributed by atoms with van der Waals surface area (Å²) in [4.78, 5) is 0. The molecule has 0 aliphatic heterocycles. The first-order chi connectivity index (χ1) is 8.06. The highest BCUT2D eigenvalue weighted by Gasteiger charge is 2.11. The van der Waals surface area contributed by atoms with E-state index in [0.717, 1.165) is 31.4 Å². The van der Waals surface area contributed by atoms with Gasteiger partial charge >= 0.3 is 0 Å². The zero-order valence-corrected chi connectivity index (χ0v) is 12.0. The van der Waals surface area contributed by atoms with Crippen molar-refractivity contribution in [1.82, 2.24) is 5.32 Å². The van der Waals surface area contributed by atoms with Crippen molar-refractivity contribution in [3.05, 3.63) is 0 Å². The molecule has 0 bridgehead atoms. The highest BCUT2D eigenvalue weighted by molar-refractivity contribution is 4.70. The van der Waals surface area contributed by atoms with Crippen molar-refractivity contribution in [2.45, 2.75) is 53.0 Å². The summed E-state index contributed by atoms with van der Waals surface area (Å²) in [5, 5.41) is 12.2. The van der Waals surface area contributed by atoms with Crippen LogP contribution < -0.4 is 5.32 Å². The normalized spacial score (nSPS) is 12.0. The second-order valence-electron chi connectivity index (χ2n) is 5.60. The number of aliphatic hydroxyl groups excluding tert-OH is 1. The Labute approximate surface area is 107 Å². The fourth-order valence-corrected chi connectivity index (χ4v) is 2.05. The Morgan fingerprint density at radius 1 is 1.00 bits per heavy atom. The Kier molecular flexibility index (Phi) is 10.9. The topological polar surface area (TPSA) is 41.5 Å². The van der Waals surface area contributed by atoms with Gasteiger partial charge in [0.2, 0.25) is 0 Å². The molecule has 0 unspecified atom stereocenters. The molecule has 104 valence electrons. The molecule has 0 fully saturated rings. The third kappa shape index (κ3) is 12.1. The summed E-state index contributed by atoms with van der Waals surface area (Å²) in [7, 11) is 0. The molecule has 0 aliphatic rings. The number of hydrogen-bond donors (Lipinski definition) is 2. The van der Waals surface area contributed by atoms with Gasteiger partial charge in [0.15, 0.2) is 0 Å². The van der Waals surface area contributed by atoms with E-state index in [-0.39, 0.29) is 6.61 Å². The zero-order chi connectivity index (χ0) is 13.1. The van der Waals surface area contributed by atoms with Crippen LogP contribution in [-0.4, -0.2) is 37.5 Å². The average molecular weight is 245 g/mol. The van der Waals surface area contributed by atoms with E-state index < -0.39 is 0 Å². The maximum absolute atomic E-state index is 8.57. The van der Waals surface area contributed by atoms with Gasteiger partial charge in [0.25, 0.3) is 0 Å². The summed E-state index contributed by atoms with van der Waals surface area (Å²) in [6, 6.07) is 0.632. The Morgan fingerprint density at radius 2 is 1.59 bits per heavy atom. The Hall–Kier alpha value is -0.120. The standard InChI is InChI=1S/C14H31NO2/c1-12(2)10-14(11-13(3)4)15-6-5-8-17-9-7-16/h12-16H,5-11H2,1-4H3. The van der Waals surface area contributed by atoms with E-state index in [1.165, 1.54) is 12.8 Å². The van der Waals surface area contributed by atoms with Crippen molar-refractivity contribution in [1.29, 1.82) is 0 Å². The zero-order valence-electron chi connectivity index (χ0n) is 12.0. The van der Waals surface area contributed by atoms with Gasteiger partial charge in [-0.3, -0.25) is 0 Å². The average Bonchev–Trinajstić information content (AvgIpc) is 2.21. The lowest BCUT2D eigenvalue weighted by Crippen LogP contribution is -2.33. The molecule has 0 saturated carbocycles. The molecule has 0 heterocycles. The predicted octanol–water partition coefficient (Wildman–Crippen LogP) is 2.44. The highest BCUT2D eigenvalue weighted by Crippen LogP contribution is 2.13. The predicted molar refractivity (Wildman–Crippen MR) is 73.2 cm³/mol. The molecule has 0 aromatic carbocycles. The summed E-state index contributed by atoms with van der Waals surface area (Å²) in [5.74, 6) is 1.49. The maximum Gasteiger partial charge on any atom is 0.0697 e. The molecule has 0 aliphatic carbocycles. The van der Waals surface area contributed by atoms with Crippen LogP contribution in [-0.2, 0) is 4.74 Å². The molecular formula is C14H31NO2. The Balaban J connectivity index is 3.60. The van der Waals surface area contributed by atoms with Gasteiger partial charge in [-0.05, 0) is 37.6 Å². The van der Waals surface area contributed by atoms with Gasteiger partial charge in [0.05, 0.1) is 13.2 Å². The molecule has 17 heavy (non-hydrogen) atoms. The molecule has 0 aromatic rings. The van der Waals surface area contributed by atoms with Crippen molar-refractivity contribution < 1.29 is 9.84 Å². The van der Waals surface area contributed by atoms with E-state index in [1.54, 1.807) is 0 Å². The van der Waals surface area contributed by atoms with E-state index in [2.05, 4.69) is 33.0 Å². The molecule has 0 radical (unpaired) electrons. The quantitative estimate of drug-likeness (QED) is 0.549. The van der Waals surface area contributed by atoms with Crippen molar-refractivity contribution in [2.75, 3.05) is 26.4 Å². The fourth-order valence-electron chi connectivity index (χ4n) is 2.05. The molecule has 0 amide bonds. The fraction of sp³-hybridized carbons (Fsp3) is 1.00. The van der Waals surface area contributed by atoms with Crippen LogP contribution >= 0.6 is 0 Å². The number of nitrogens with one attached hydrogen (secondary N) is 1.